The molecule has 2 saturated heterocycles. The number of halogens is 1. The Hall–Kier alpha value is -3.20. The molecule has 2 fully saturated rings. The van der Waals surface area contributed by atoms with Crippen molar-refractivity contribution in [2.45, 2.75) is 25.3 Å². The second-order valence-corrected chi connectivity index (χ2v) is 7.54. The van der Waals surface area contributed by atoms with Gasteiger partial charge in [0.05, 0.1) is 11.2 Å². The number of anilines is 2. The van der Waals surface area contributed by atoms with Crippen LogP contribution in [0.2, 0.25) is 5.02 Å². The average Bonchev–Trinajstić information content (AvgIpc) is 3.31. The van der Waals surface area contributed by atoms with Crippen molar-refractivity contribution < 1.29 is 14.4 Å². The van der Waals surface area contributed by atoms with Gasteiger partial charge in [0.2, 0.25) is 5.95 Å². The third-order valence-corrected chi connectivity index (χ3v) is 5.35. The highest BCUT2D eigenvalue weighted by atomic mass is 35.5. The lowest BCUT2D eigenvalue weighted by molar-refractivity contribution is -0.123. The van der Waals surface area contributed by atoms with Gasteiger partial charge in [-0.1, -0.05) is 23.7 Å². The van der Waals surface area contributed by atoms with Crippen molar-refractivity contribution in [1.29, 1.82) is 0 Å². The van der Waals surface area contributed by atoms with Crippen molar-refractivity contribution in [1.82, 2.24) is 20.6 Å². The summed E-state index contributed by atoms with van der Waals surface area (Å²) in [6.45, 7) is 3.28. The zero-order chi connectivity index (χ0) is 20.6. The first kappa shape index (κ1) is 19.1. The highest BCUT2D eigenvalue weighted by Gasteiger charge is 2.43. The van der Waals surface area contributed by atoms with Gasteiger partial charge in [-0.05, 0) is 37.5 Å². The monoisotopic (exact) mass is 414 g/mol. The first-order valence-corrected chi connectivity index (χ1v) is 9.57. The van der Waals surface area contributed by atoms with E-state index in [4.69, 9.17) is 11.6 Å². The minimum Gasteiger partial charge on any atom is -0.341 e. The molecule has 3 N–H and O–H groups in total. The van der Waals surface area contributed by atoms with Crippen LogP contribution in [0, 0.1) is 0 Å². The van der Waals surface area contributed by atoms with E-state index in [2.05, 4.69) is 25.9 Å². The fraction of sp³-hybridized carbons (Fsp3) is 0.316. The molecular formula is C19H19ClN6O3. The van der Waals surface area contributed by atoms with E-state index >= 15 is 0 Å². The van der Waals surface area contributed by atoms with Gasteiger partial charge in [-0.15, -0.1) is 0 Å². The average molecular weight is 415 g/mol. The molecule has 0 saturated carbocycles. The maximum absolute atomic E-state index is 12.8. The van der Waals surface area contributed by atoms with E-state index in [1.807, 2.05) is 4.90 Å². The van der Waals surface area contributed by atoms with Gasteiger partial charge >= 0.3 is 6.03 Å². The van der Waals surface area contributed by atoms with Crippen molar-refractivity contribution in [2.75, 3.05) is 23.3 Å². The van der Waals surface area contributed by atoms with Crippen LogP contribution < -0.4 is 20.9 Å². The summed E-state index contributed by atoms with van der Waals surface area (Å²) in [5.41, 5.74) is -0.162. The summed E-state index contributed by atoms with van der Waals surface area (Å²) >= 11 is 6.15. The number of aromatic nitrogens is 2. The number of hydrogen-bond acceptors (Lipinski definition) is 6. The van der Waals surface area contributed by atoms with Crippen LogP contribution in [0.15, 0.2) is 30.5 Å². The maximum atomic E-state index is 12.8. The number of amides is 4. The molecule has 0 spiro atoms. The predicted molar refractivity (Wildman–Crippen MR) is 107 cm³/mol. The third kappa shape index (κ3) is 3.61. The molecule has 0 aliphatic carbocycles. The number of benzene rings is 1. The lowest BCUT2D eigenvalue weighted by Gasteiger charge is -2.21. The largest absolute Gasteiger partial charge is 0.341 e. The SMILES string of the molecule is CC1(c2cccc(NC(=O)c3nc(N4CCCC4)ncc3Cl)c2)NC(=O)NC1=O. The molecule has 2 aromatic rings. The number of carbonyl (C=O) groups is 3. The lowest BCUT2D eigenvalue weighted by atomic mass is 9.92. The Morgan fingerprint density at radius 2 is 2.03 bits per heavy atom. The minimum atomic E-state index is -1.21. The van der Waals surface area contributed by atoms with Gasteiger partial charge in [-0.3, -0.25) is 14.9 Å². The fourth-order valence-corrected chi connectivity index (χ4v) is 3.61. The van der Waals surface area contributed by atoms with E-state index in [0.717, 1.165) is 25.9 Å². The van der Waals surface area contributed by atoms with Crippen molar-refractivity contribution in [3.8, 4) is 0 Å². The molecular weight excluding hydrogens is 396 g/mol. The number of hydrogen-bond donors (Lipinski definition) is 3. The summed E-state index contributed by atoms with van der Waals surface area (Å²) < 4.78 is 0. The molecule has 10 heteroatoms. The quantitative estimate of drug-likeness (QED) is 0.659. The van der Waals surface area contributed by atoms with E-state index in [-0.39, 0.29) is 10.7 Å². The van der Waals surface area contributed by atoms with E-state index in [1.54, 1.807) is 31.2 Å². The Morgan fingerprint density at radius 1 is 1.28 bits per heavy atom. The summed E-state index contributed by atoms with van der Waals surface area (Å²) in [4.78, 5) is 47.0. The second kappa shape index (κ2) is 7.32. The molecule has 4 amide bonds. The highest BCUT2D eigenvalue weighted by Crippen LogP contribution is 2.27. The van der Waals surface area contributed by atoms with E-state index in [1.165, 1.54) is 6.20 Å². The smallest absolute Gasteiger partial charge is 0.322 e. The standard InChI is InChI=1S/C19H19ClN6O3/c1-19(16(28)24-18(29)25-19)11-5-4-6-12(9-11)22-15(27)14-13(20)10-21-17(23-14)26-7-2-3-8-26/h4-6,9-10H,2-3,7-8H2,1H3,(H,22,27)(H2,24,25,28,29). The Kier molecular flexibility index (Phi) is 4.83. The number of nitrogens with zero attached hydrogens (tertiary/aromatic N) is 3. The van der Waals surface area contributed by atoms with Gasteiger partial charge < -0.3 is 15.5 Å². The normalized spacial score (nSPS) is 21.1. The number of urea groups is 1. The van der Waals surface area contributed by atoms with Gasteiger partial charge in [0.15, 0.2) is 5.69 Å². The molecule has 3 heterocycles. The number of rotatable bonds is 4. The summed E-state index contributed by atoms with van der Waals surface area (Å²) in [6.07, 6.45) is 3.54. The number of nitrogens with one attached hydrogen (secondary N) is 3. The van der Waals surface area contributed by atoms with Gasteiger partial charge in [0, 0.05) is 18.8 Å². The van der Waals surface area contributed by atoms with Gasteiger partial charge in [-0.2, -0.15) is 0 Å². The molecule has 1 atom stereocenters. The van der Waals surface area contributed by atoms with Crippen LogP contribution in [0.1, 0.15) is 35.8 Å². The van der Waals surface area contributed by atoms with Crippen molar-refractivity contribution in [2.24, 2.45) is 0 Å². The summed E-state index contributed by atoms with van der Waals surface area (Å²) in [6, 6.07) is 6.12. The van der Waals surface area contributed by atoms with E-state index in [9.17, 15) is 14.4 Å². The van der Waals surface area contributed by atoms with Crippen LogP contribution in [0.4, 0.5) is 16.4 Å². The van der Waals surface area contributed by atoms with Crippen LogP contribution in [0.25, 0.3) is 0 Å². The Labute approximate surface area is 171 Å². The van der Waals surface area contributed by atoms with Gasteiger partial charge in [0.25, 0.3) is 11.8 Å². The molecule has 1 aromatic heterocycles. The molecule has 2 aliphatic rings. The van der Waals surface area contributed by atoms with Crippen molar-refractivity contribution in [3.63, 3.8) is 0 Å². The maximum Gasteiger partial charge on any atom is 0.322 e. The zero-order valence-electron chi connectivity index (χ0n) is 15.7. The third-order valence-electron chi connectivity index (χ3n) is 5.08. The Morgan fingerprint density at radius 3 is 2.72 bits per heavy atom. The van der Waals surface area contributed by atoms with E-state index < -0.39 is 23.4 Å². The van der Waals surface area contributed by atoms with Gasteiger partial charge in [-0.25, -0.2) is 14.8 Å². The van der Waals surface area contributed by atoms with Crippen molar-refractivity contribution in [3.05, 3.63) is 46.7 Å². The second-order valence-electron chi connectivity index (χ2n) is 7.13. The minimum absolute atomic E-state index is 0.0760. The van der Waals surface area contributed by atoms with Crippen LogP contribution >= 0.6 is 11.6 Å². The predicted octanol–water partition coefficient (Wildman–Crippen LogP) is 2.04. The Bertz CT molecular complexity index is 1010. The molecule has 4 rings (SSSR count). The number of imide groups is 1. The lowest BCUT2D eigenvalue weighted by Crippen LogP contribution is -2.40. The van der Waals surface area contributed by atoms with Crippen LogP contribution in [-0.4, -0.2) is 40.9 Å². The molecule has 9 nitrogen and oxygen atoms in total. The molecule has 0 bridgehead atoms. The van der Waals surface area contributed by atoms with Gasteiger partial charge in [0.1, 0.15) is 5.54 Å². The van der Waals surface area contributed by atoms with Crippen LogP contribution in [-0.2, 0) is 10.3 Å². The van der Waals surface area contributed by atoms with Crippen molar-refractivity contribution >= 4 is 41.1 Å². The summed E-state index contributed by atoms with van der Waals surface area (Å²) in [5.74, 6) is -0.469. The molecule has 29 heavy (non-hydrogen) atoms. The molecule has 150 valence electrons. The molecule has 2 aliphatic heterocycles. The number of carbonyl (C=O) groups excluding carboxylic acids is 3. The van der Waals surface area contributed by atoms with E-state index in [0.29, 0.717) is 17.2 Å². The first-order valence-electron chi connectivity index (χ1n) is 9.20. The molecule has 1 aromatic carbocycles. The molecule has 1 unspecified atom stereocenters. The summed E-state index contributed by atoms with van der Waals surface area (Å²) in [7, 11) is 0. The van der Waals surface area contributed by atoms with Crippen LogP contribution in [0.5, 0.6) is 0 Å². The molecule has 0 radical (unpaired) electrons. The Balaban J connectivity index is 1.57. The highest BCUT2D eigenvalue weighted by molar-refractivity contribution is 6.34. The van der Waals surface area contributed by atoms with Crippen LogP contribution in [0.3, 0.4) is 0 Å². The topological polar surface area (TPSA) is 116 Å². The zero-order valence-corrected chi connectivity index (χ0v) is 16.4. The first-order chi connectivity index (χ1) is 13.9. The summed E-state index contributed by atoms with van der Waals surface area (Å²) in [5, 5.41) is 7.71. The fourth-order valence-electron chi connectivity index (χ4n) is 3.43.